The summed E-state index contributed by atoms with van der Waals surface area (Å²) in [7, 11) is -3.97. The number of hydrogen-bond acceptors (Lipinski definition) is 8. The Hall–Kier alpha value is -4.20. The minimum absolute atomic E-state index is 0.0512. The number of nitrogens with zero attached hydrogens (tertiary/aromatic N) is 2. The normalized spacial score (nSPS) is 30.8. The lowest BCUT2D eigenvalue weighted by Gasteiger charge is -2.36. The zero-order valence-corrected chi connectivity index (χ0v) is 32.8. The molecule has 1 saturated heterocycles. The molecule has 13 nitrogen and oxygen atoms in total. The van der Waals surface area contributed by atoms with Crippen LogP contribution in [0.25, 0.3) is 10.9 Å². The summed E-state index contributed by atoms with van der Waals surface area (Å²) in [6.07, 6.45) is 14.9. The summed E-state index contributed by atoms with van der Waals surface area (Å²) in [4.78, 5) is 63.2. The van der Waals surface area contributed by atoms with Crippen molar-refractivity contribution in [2.75, 3.05) is 6.54 Å². The molecule has 4 N–H and O–H groups in total. The molecule has 8 rings (SSSR count). The lowest BCUT2D eigenvalue weighted by atomic mass is 9.87. The molecular weight excluding hydrogens is 721 g/mol. The van der Waals surface area contributed by atoms with Crippen LogP contribution in [0.5, 0.6) is 5.75 Å². The molecule has 0 radical (unpaired) electrons. The highest BCUT2D eigenvalue weighted by Crippen LogP contribution is 2.49. The standard InChI is InChI=1S/C41H54N6O7S/c1-26-34-30(29-16-11-12-17-31(29)42-26)19-20-40(54-34)24-33-35(48)45-41(37(50)46-55(52,53)39(2)21-22-39)23-27(41)13-7-4-3-5-10-18-32(36(49)47(33)25-40)44-38(51)43-28-14-8-6-9-15-28/h7,11-13,16-17,27-28,32-33H,3-6,8-10,14-15,18-25H2,1-2H3,(H,45,48)(H,46,50)(H2,43,44,51)/t27-,32+,33+,40-,41-/m1/s1. The molecule has 14 heteroatoms. The minimum Gasteiger partial charge on any atom is -0.483 e. The maximum atomic E-state index is 14.8. The summed E-state index contributed by atoms with van der Waals surface area (Å²) in [6.45, 7) is 3.62. The van der Waals surface area contributed by atoms with Crippen LogP contribution in [-0.4, -0.2) is 82.6 Å². The minimum atomic E-state index is -3.97. The fourth-order valence-electron chi connectivity index (χ4n) is 9.27. The van der Waals surface area contributed by atoms with E-state index in [-0.39, 0.29) is 37.4 Å². The van der Waals surface area contributed by atoms with Crippen LogP contribution in [0, 0.1) is 12.8 Å². The molecule has 296 valence electrons. The number of aromatic nitrogens is 1. The molecule has 4 heterocycles. The van der Waals surface area contributed by atoms with Gasteiger partial charge in [-0.25, -0.2) is 18.2 Å². The first-order valence-corrected chi connectivity index (χ1v) is 21.8. The second-order valence-corrected chi connectivity index (χ2v) is 19.4. The number of carbonyl (C=O) groups is 4. The first-order chi connectivity index (χ1) is 26.3. The van der Waals surface area contributed by atoms with Crippen molar-refractivity contribution in [3.05, 3.63) is 47.7 Å². The smallest absolute Gasteiger partial charge is 0.315 e. The summed E-state index contributed by atoms with van der Waals surface area (Å²) < 4.78 is 34.6. The third-order valence-electron chi connectivity index (χ3n) is 13.1. The van der Waals surface area contributed by atoms with Crippen LogP contribution in [0.1, 0.15) is 114 Å². The topological polar surface area (TPSA) is 176 Å². The Morgan fingerprint density at radius 3 is 2.49 bits per heavy atom. The van der Waals surface area contributed by atoms with Gasteiger partial charge < -0.3 is 25.6 Å². The molecule has 3 aliphatic heterocycles. The predicted molar refractivity (Wildman–Crippen MR) is 207 cm³/mol. The van der Waals surface area contributed by atoms with Gasteiger partial charge in [0.25, 0.3) is 5.91 Å². The van der Waals surface area contributed by atoms with Gasteiger partial charge >= 0.3 is 6.03 Å². The van der Waals surface area contributed by atoms with Crippen molar-refractivity contribution in [1.82, 2.24) is 30.6 Å². The molecule has 2 aromatic rings. The van der Waals surface area contributed by atoms with Crippen molar-refractivity contribution in [3.8, 4) is 5.75 Å². The Morgan fingerprint density at radius 1 is 0.964 bits per heavy atom. The number of para-hydroxylation sites is 1. The van der Waals surface area contributed by atoms with Crippen LogP contribution in [0.15, 0.2) is 36.4 Å². The lowest BCUT2D eigenvalue weighted by Crippen LogP contribution is -2.59. The quantitative estimate of drug-likeness (QED) is 0.319. The highest BCUT2D eigenvalue weighted by molar-refractivity contribution is 7.91. The van der Waals surface area contributed by atoms with E-state index in [9.17, 15) is 27.6 Å². The third-order valence-corrected chi connectivity index (χ3v) is 15.3. The molecule has 1 aromatic heterocycles. The average Bonchev–Trinajstić information content (AvgIpc) is 4.05. The number of sulfonamides is 1. The SMILES string of the molecule is Cc1nc2ccccc2c2c1O[C@]1(CC2)C[C@H]2C(=O)N[C@]3(C(=O)NS(=O)(=O)C4(C)CC4)C[C@H]3C=CCCCCC[C@H](NC(=O)NC3CCCCC3)C(=O)N2C1. The van der Waals surface area contributed by atoms with E-state index in [0.717, 1.165) is 73.5 Å². The molecule has 5 amide bonds. The van der Waals surface area contributed by atoms with Crippen LogP contribution >= 0.6 is 0 Å². The van der Waals surface area contributed by atoms with E-state index in [2.05, 4.69) is 20.7 Å². The summed E-state index contributed by atoms with van der Waals surface area (Å²) in [5, 5.41) is 10.1. The van der Waals surface area contributed by atoms with Crippen molar-refractivity contribution in [2.45, 2.75) is 151 Å². The molecule has 1 aromatic carbocycles. The number of pyridine rings is 1. The molecule has 0 unspecified atom stereocenters. The van der Waals surface area contributed by atoms with Crippen LogP contribution in [0.2, 0.25) is 0 Å². The fraction of sp³-hybridized carbons (Fsp3) is 0.634. The van der Waals surface area contributed by atoms with Gasteiger partial charge in [-0.1, -0.05) is 62.5 Å². The number of fused-ring (bicyclic) bond motifs is 5. The summed E-state index contributed by atoms with van der Waals surface area (Å²) in [5.74, 6) is -1.42. The number of aryl methyl sites for hydroxylation is 2. The molecule has 1 spiro atoms. The van der Waals surface area contributed by atoms with Crippen molar-refractivity contribution >= 4 is 44.7 Å². The predicted octanol–water partition coefficient (Wildman–Crippen LogP) is 4.60. The second-order valence-electron chi connectivity index (χ2n) is 17.2. The Kier molecular flexibility index (Phi) is 9.86. The zero-order valence-electron chi connectivity index (χ0n) is 32.0. The van der Waals surface area contributed by atoms with Crippen molar-refractivity contribution in [1.29, 1.82) is 0 Å². The van der Waals surface area contributed by atoms with E-state index < -0.39 is 55.7 Å². The summed E-state index contributed by atoms with van der Waals surface area (Å²) in [6, 6.07) is 5.67. The number of ether oxygens (including phenoxy) is 1. The zero-order chi connectivity index (χ0) is 38.6. The molecule has 3 aliphatic carbocycles. The van der Waals surface area contributed by atoms with Crippen LogP contribution in [0.4, 0.5) is 4.79 Å². The highest BCUT2D eigenvalue weighted by Gasteiger charge is 2.64. The van der Waals surface area contributed by atoms with E-state index in [0.29, 0.717) is 44.3 Å². The van der Waals surface area contributed by atoms with Crippen LogP contribution < -0.4 is 25.4 Å². The second kappa shape index (κ2) is 14.4. The highest BCUT2D eigenvalue weighted by atomic mass is 32.2. The van der Waals surface area contributed by atoms with Crippen molar-refractivity contribution in [3.63, 3.8) is 0 Å². The van der Waals surface area contributed by atoms with E-state index in [1.54, 1.807) is 6.92 Å². The molecule has 55 heavy (non-hydrogen) atoms. The van der Waals surface area contributed by atoms with E-state index in [1.165, 1.54) is 4.90 Å². The Balaban J connectivity index is 1.11. The monoisotopic (exact) mass is 774 g/mol. The number of amides is 5. The number of benzene rings is 1. The van der Waals surface area contributed by atoms with E-state index in [1.807, 2.05) is 43.3 Å². The van der Waals surface area contributed by atoms with Gasteiger partial charge in [0.05, 0.1) is 22.5 Å². The average molecular weight is 775 g/mol. The van der Waals surface area contributed by atoms with E-state index in [4.69, 9.17) is 9.72 Å². The number of urea groups is 1. The Bertz CT molecular complexity index is 2030. The van der Waals surface area contributed by atoms with E-state index >= 15 is 0 Å². The molecule has 0 bridgehead atoms. The molecular formula is C41H54N6O7S. The maximum absolute atomic E-state index is 14.8. The number of carbonyl (C=O) groups excluding carboxylic acids is 4. The fourth-order valence-corrected chi connectivity index (χ4v) is 10.6. The van der Waals surface area contributed by atoms with Gasteiger partial charge in [-0.15, -0.1) is 0 Å². The van der Waals surface area contributed by atoms with Crippen LogP contribution in [0.3, 0.4) is 0 Å². The summed E-state index contributed by atoms with van der Waals surface area (Å²) in [5.41, 5.74) is 0.236. The number of hydrogen-bond donors (Lipinski definition) is 4. The largest absolute Gasteiger partial charge is 0.483 e. The van der Waals surface area contributed by atoms with Gasteiger partial charge in [0.1, 0.15) is 29.0 Å². The van der Waals surface area contributed by atoms with Gasteiger partial charge in [0, 0.05) is 29.3 Å². The molecule has 4 fully saturated rings. The molecule has 6 aliphatic rings. The maximum Gasteiger partial charge on any atom is 0.315 e. The number of rotatable bonds is 5. The van der Waals surface area contributed by atoms with Gasteiger partial charge in [-0.2, -0.15) is 0 Å². The Morgan fingerprint density at radius 2 is 1.71 bits per heavy atom. The molecule has 5 atom stereocenters. The number of nitrogens with one attached hydrogen (secondary N) is 4. The Labute approximate surface area is 323 Å². The first-order valence-electron chi connectivity index (χ1n) is 20.3. The van der Waals surface area contributed by atoms with Gasteiger partial charge in [0.15, 0.2) is 0 Å². The van der Waals surface area contributed by atoms with Gasteiger partial charge in [-0.05, 0) is 84.1 Å². The van der Waals surface area contributed by atoms with Gasteiger partial charge in [-0.3, -0.25) is 19.1 Å². The lowest BCUT2D eigenvalue weighted by molar-refractivity contribution is -0.141. The molecule has 3 saturated carbocycles. The first kappa shape index (κ1) is 37.7. The number of allylic oxidation sites excluding steroid dienone is 1. The van der Waals surface area contributed by atoms with Crippen molar-refractivity contribution in [2.24, 2.45) is 5.92 Å². The third kappa shape index (κ3) is 7.31. The summed E-state index contributed by atoms with van der Waals surface area (Å²) >= 11 is 0. The van der Waals surface area contributed by atoms with Gasteiger partial charge in [0.2, 0.25) is 21.8 Å². The van der Waals surface area contributed by atoms with Crippen molar-refractivity contribution < 1.29 is 32.3 Å². The van der Waals surface area contributed by atoms with Crippen LogP contribution in [-0.2, 0) is 30.8 Å².